The molecule has 0 aromatic carbocycles. The minimum atomic E-state index is 0.704. The fraction of sp³-hybridized carbons (Fsp3) is 0.500. The highest BCUT2D eigenvalue weighted by molar-refractivity contribution is 8.02. The van der Waals surface area contributed by atoms with Crippen LogP contribution in [0, 0.1) is 0 Å². The summed E-state index contributed by atoms with van der Waals surface area (Å²) in [5.41, 5.74) is 0. The van der Waals surface area contributed by atoms with E-state index in [0.717, 1.165) is 0 Å². The van der Waals surface area contributed by atoms with Crippen molar-refractivity contribution in [2.45, 2.75) is 6.92 Å². The lowest BCUT2D eigenvalue weighted by Crippen LogP contribution is -1.59. The topological polar surface area (TPSA) is 17.1 Å². The molecule has 0 aliphatic heterocycles. The summed E-state index contributed by atoms with van der Waals surface area (Å²) in [5, 5.41) is 0. The molecule has 2 heteroatoms. The van der Waals surface area contributed by atoms with Gasteiger partial charge >= 0.3 is 0 Å². The van der Waals surface area contributed by atoms with Gasteiger partial charge in [0, 0.05) is 0 Å². The molecule has 0 amide bonds. The average molecular weight is 102 g/mol. The van der Waals surface area contributed by atoms with Crippen LogP contribution in [0.1, 0.15) is 6.92 Å². The van der Waals surface area contributed by atoms with Gasteiger partial charge in [-0.15, -0.1) is 11.8 Å². The van der Waals surface area contributed by atoms with Crippen LogP contribution in [-0.4, -0.2) is 12.2 Å². The molecule has 0 rings (SSSR count). The van der Waals surface area contributed by atoms with E-state index in [1.54, 1.807) is 12.9 Å². The van der Waals surface area contributed by atoms with Crippen molar-refractivity contribution in [3.8, 4) is 0 Å². The number of allylic oxidation sites excluding steroid dienone is 1. The van der Waals surface area contributed by atoms with Crippen molar-refractivity contribution in [3.63, 3.8) is 0 Å². The van der Waals surface area contributed by atoms with Gasteiger partial charge in [-0.05, 0) is 13.2 Å². The summed E-state index contributed by atoms with van der Waals surface area (Å²) in [4.78, 5) is 10.3. The molecular formula is C4H6OS. The second-order valence-electron chi connectivity index (χ2n) is 0.862. The van der Waals surface area contributed by atoms with E-state index >= 15 is 0 Å². The van der Waals surface area contributed by atoms with Crippen molar-refractivity contribution >= 4 is 17.7 Å². The highest BCUT2D eigenvalue weighted by Crippen LogP contribution is 2.02. The molecule has 0 aromatic rings. The molecular weight excluding hydrogens is 96.1 g/mol. The van der Waals surface area contributed by atoms with Crippen molar-refractivity contribution in [1.82, 2.24) is 0 Å². The molecule has 0 aromatic heterocycles. The lowest BCUT2D eigenvalue weighted by atomic mass is 10.7. The minimum absolute atomic E-state index is 0.704. The van der Waals surface area contributed by atoms with E-state index in [1.165, 1.54) is 11.8 Å². The number of carbonyl (C=O) groups excluding carboxylic acids is 1. The number of hydrogen-bond acceptors (Lipinski definition) is 2. The Hall–Kier alpha value is -0.200. The molecule has 0 bridgehead atoms. The van der Waals surface area contributed by atoms with Crippen LogP contribution in [0.15, 0.2) is 4.91 Å². The van der Waals surface area contributed by atoms with Crippen LogP contribution < -0.4 is 0 Å². The highest BCUT2D eigenvalue weighted by atomic mass is 32.2. The lowest BCUT2D eigenvalue weighted by Gasteiger charge is -1.76. The van der Waals surface area contributed by atoms with Crippen LogP contribution in [0.5, 0.6) is 0 Å². The standard InChI is InChI=1S/C4H6OS/c1-4(3-5)6-2/h1-2H3. The molecule has 0 saturated heterocycles. The zero-order valence-corrected chi connectivity index (χ0v) is 4.63. The molecule has 1 nitrogen and oxygen atoms in total. The zero-order chi connectivity index (χ0) is 4.99. The maximum atomic E-state index is 9.55. The first-order valence-electron chi connectivity index (χ1n) is 1.57. The highest BCUT2D eigenvalue weighted by Gasteiger charge is 1.76. The molecule has 34 valence electrons. The van der Waals surface area contributed by atoms with Gasteiger partial charge < -0.3 is 0 Å². The number of hydrogen-bond donors (Lipinski definition) is 0. The van der Waals surface area contributed by atoms with E-state index < -0.39 is 0 Å². The molecule has 0 radical (unpaired) electrons. The van der Waals surface area contributed by atoms with Gasteiger partial charge in [-0.1, -0.05) is 0 Å². The maximum Gasteiger partial charge on any atom is 0.134 e. The van der Waals surface area contributed by atoms with Crippen LogP contribution in [0.25, 0.3) is 0 Å². The quantitative estimate of drug-likeness (QED) is 0.461. The van der Waals surface area contributed by atoms with Crippen molar-refractivity contribution in [2.75, 3.05) is 6.26 Å². The van der Waals surface area contributed by atoms with Crippen molar-refractivity contribution < 1.29 is 4.79 Å². The average Bonchev–Trinajstić information content (AvgIpc) is 1.65. The normalized spacial score (nSPS) is 7.00. The van der Waals surface area contributed by atoms with Crippen LogP contribution in [0.2, 0.25) is 0 Å². The van der Waals surface area contributed by atoms with E-state index in [1.807, 2.05) is 6.26 Å². The van der Waals surface area contributed by atoms with Gasteiger partial charge in [0.15, 0.2) is 0 Å². The predicted octanol–water partition coefficient (Wildman–Crippen LogP) is 1.08. The van der Waals surface area contributed by atoms with Gasteiger partial charge in [0.2, 0.25) is 0 Å². The second-order valence-corrected chi connectivity index (χ2v) is 1.88. The van der Waals surface area contributed by atoms with Gasteiger partial charge in [0.25, 0.3) is 0 Å². The molecule has 6 heavy (non-hydrogen) atoms. The predicted molar refractivity (Wildman–Crippen MR) is 28.4 cm³/mol. The number of thioether (sulfide) groups is 1. The maximum absolute atomic E-state index is 9.55. The third-order valence-electron chi connectivity index (χ3n) is 0.450. The Labute approximate surface area is 41.4 Å². The Morgan fingerprint density at radius 2 is 2.33 bits per heavy atom. The fourth-order valence-corrected chi connectivity index (χ4v) is 0.125. The Balaban J connectivity index is 3.52. The Bertz CT molecular complexity index is 81.5. The third-order valence-corrected chi connectivity index (χ3v) is 1.15. The Morgan fingerprint density at radius 3 is 2.33 bits per heavy atom. The molecule has 0 aliphatic carbocycles. The first kappa shape index (κ1) is 5.80. The number of rotatable bonds is 1. The largest absolute Gasteiger partial charge is 0.233 e. The third kappa shape index (κ3) is 2.06. The summed E-state index contributed by atoms with van der Waals surface area (Å²) in [6, 6.07) is 0. The molecule has 0 N–H and O–H groups in total. The van der Waals surface area contributed by atoms with Crippen molar-refractivity contribution in [2.24, 2.45) is 0 Å². The molecule has 0 unspecified atom stereocenters. The molecule has 0 atom stereocenters. The molecule has 0 spiro atoms. The SMILES string of the molecule is CSC(C)=C=O. The van der Waals surface area contributed by atoms with Gasteiger partial charge in [0.1, 0.15) is 5.94 Å². The van der Waals surface area contributed by atoms with Gasteiger partial charge in [-0.3, -0.25) is 0 Å². The summed E-state index contributed by atoms with van der Waals surface area (Å²) in [7, 11) is 0. The van der Waals surface area contributed by atoms with Crippen molar-refractivity contribution in [1.29, 1.82) is 0 Å². The monoisotopic (exact) mass is 102 g/mol. The second kappa shape index (κ2) is 3.01. The van der Waals surface area contributed by atoms with E-state index in [9.17, 15) is 4.79 Å². The van der Waals surface area contributed by atoms with Crippen LogP contribution in [0.4, 0.5) is 0 Å². The Kier molecular flexibility index (Phi) is 2.91. The fourth-order valence-electron chi connectivity index (χ4n) is 0.0417. The van der Waals surface area contributed by atoms with Gasteiger partial charge in [-0.2, -0.15) is 0 Å². The summed E-state index contributed by atoms with van der Waals surface area (Å²) in [6.07, 6.45) is 1.85. The molecule has 0 aliphatic rings. The van der Waals surface area contributed by atoms with E-state index in [4.69, 9.17) is 0 Å². The lowest BCUT2D eigenvalue weighted by molar-refractivity contribution is 0.568. The summed E-state index contributed by atoms with van der Waals surface area (Å²) in [5.74, 6) is 1.74. The Morgan fingerprint density at radius 1 is 1.83 bits per heavy atom. The smallest absolute Gasteiger partial charge is 0.134 e. The van der Waals surface area contributed by atoms with Crippen LogP contribution in [0.3, 0.4) is 0 Å². The zero-order valence-electron chi connectivity index (χ0n) is 3.82. The summed E-state index contributed by atoms with van der Waals surface area (Å²) < 4.78 is 0. The first-order chi connectivity index (χ1) is 2.81. The van der Waals surface area contributed by atoms with Crippen LogP contribution >= 0.6 is 11.8 Å². The molecule has 0 fully saturated rings. The minimum Gasteiger partial charge on any atom is -0.233 e. The van der Waals surface area contributed by atoms with E-state index in [-0.39, 0.29) is 0 Å². The van der Waals surface area contributed by atoms with Gasteiger partial charge in [0.05, 0.1) is 4.91 Å². The summed E-state index contributed by atoms with van der Waals surface area (Å²) >= 11 is 1.42. The van der Waals surface area contributed by atoms with E-state index in [2.05, 4.69) is 0 Å². The molecule has 0 heterocycles. The van der Waals surface area contributed by atoms with Crippen molar-refractivity contribution in [3.05, 3.63) is 4.91 Å². The summed E-state index contributed by atoms with van der Waals surface area (Å²) in [6.45, 7) is 1.73. The van der Waals surface area contributed by atoms with E-state index in [0.29, 0.717) is 4.91 Å². The van der Waals surface area contributed by atoms with Gasteiger partial charge in [-0.25, -0.2) is 4.79 Å². The van der Waals surface area contributed by atoms with Crippen LogP contribution in [-0.2, 0) is 4.79 Å². The molecule has 0 saturated carbocycles. The first-order valence-corrected chi connectivity index (χ1v) is 2.79.